The number of anilines is 1. The summed E-state index contributed by atoms with van der Waals surface area (Å²) in [5.74, 6) is 2.16. The van der Waals surface area contributed by atoms with E-state index in [-0.39, 0.29) is 6.61 Å². The minimum atomic E-state index is 0.145. The summed E-state index contributed by atoms with van der Waals surface area (Å²) < 4.78 is 0. The van der Waals surface area contributed by atoms with Gasteiger partial charge in [0.15, 0.2) is 5.82 Å². The lowest BCUT2D eigenvalue weighted by molar-refractivity contribution is 0.322. The van der Waals surface area contributed by atoms with Crippen molar-refractivity contribution in [3.63, 3.8) is 0 Å². The molecule has 5 heteroatoms. The highest BCUT2D eigenvalue weighted by atomic mass is 32.2. The topological polar surface area (TPSA) is 58.0 Å². The molecule has 0 fully saturated rings. The van der Waals surface area contributed by atoms with E-state index >= 15 is 0 Å². The Labute approximate surface area is 117 Å². The molecule has 0 saturated carbocycles. The monoisotopic (exact) mass is 275 g/mol. The SMILES string of the molecule is CCNc1cc(SCCO)nc(-c2ccccc2)n1. The molecule has 0 saturated heterocycles. The number of rotatable bonds is 6. The summed E-state index contributed by atoms with van der Waals surface area (Å²) in [6.45, 7) is 2.99. The summed E-state index contributed by atoms with van der Waals surface area (Å²) in [5, 5.41) is 13.0. The maximum atomic E-state index is 8.91. The van der Waals surface area contributed by atoms with E-state index in [1.165, 1.54) is 11.8 Å². The number of thioether (sulfide) groups is 1. The molecule has 0 unspecified atom stereocenters. The average Bonchev–Trinajstić information content (AvgIpc) is 2.46. The Morgan fingerprint density at radius 2 is 2.00 bits per heavy atom. The van der Waals surface area contributed by atoms with Gasteiger partial charge in [0.05, 0.1) is 6.61 Å². The Bertz CT molecular complexity index is 519. The predicted octanol–water partition coefficient (Wildman–Crippen LogP) is 2.66. The number of hydrogen-bond donors (Lipinski definition) is 2. The van der Waals surface area contributed by atoms with Gasteiger partial charge in [-0.1, -0.05) is 30.3 Å². The lowest BCUT2D eigenvalue weighted by atomic mass is 10.2. The number of nitrogens with zero attached hydrogens (tertiary/aromatic N) is 2. The van der Waals surface area contributed by atoms with Crippen molar-refractivity contribution >= 4 is 17.6 Å². The Balaban J connectivity index is 2.33. The summed E-state index contributed by atoms with van der Waals surface area (Å²) in [4.78, 5) is 9.03. The van der Waals surface area contributed by atoms with Gasteiger partial charge in [0.25, 0.3) is 0 Å². The number of aromatic nitrogens is 2. The van der Waals surface area contributed by atoms with E-state index in [1.54, 1.807) is 0 Å². The molecular formula is C14H17N3OS. The summed E-state index contributed by atoms with van der Waals surface area (Å²) in [6.07, 6.45) is 0. The maximum absolute atomic E-state index is 8.91. The van der Waals surface area contributed by atoms with Crippen LogP contribution in [0.5, 0.6) is 0 Å². The molecule has 100 valence electrons. The highest BCUT2D eigenvalue weighted by molar-refractivity contribution is 7.99. The molecule has 0 aliphatic heterocycles. The van der Waals surface area contributed by atoms with Crippen molar-refractivity contribution in [2.24, 2.45) is 0 Å². The largest absolute Gasteiger partial charge is 0.396 e. The first-order chi connectivity index (χ1) is 9.33. The molecule has 1 aromatic carbocycles. The normalized spacial score (nSPS) is 10.4. The van der Waals surface area contributed by atoms with Crippen LogP contribution in [0.25, 0.3) is 11.4 Å². The summed E-state index contributed by atoms with van der Waals surface area (Å²) in [6, 6.07) is 11.8. The first kappa shape index (κ1) is 13.8. The summed E-state index contributed by atoms with van der Waals surface area (Å²) in [5.41, 5.74) is 0.994. The van der Waals surface area contributed by atoms with Crippen molar-refractivity contribution in [2.45, 2.75) is 11.9 Å². The van der Waals surface area contributed by atoms with Gasteiger partial charge in [-0.2, -0.15) is 0 Å². The molecule has 0 aliphatic rings. The van der Waals surface area contributed by atoms with E-state index in [2.05, 4.69) is 15.3 Å². The van der Waals surface area contributed by atoms with Crippen molar-refractivity contribution in [1.29, 1.82) is 0 Å². The first-order valence-corrected chi connectivity index (χ1v) is 7.24. The Hall–Kier alpha value is -1.59. The standard InChI is InChI=1S/C14H17N3OS/c1-2-15-12-10-13(19-9-8-18)17-14(16-12)11-6-4-3-5-7-11/h3-7,10,18H,2,8-9H2,1H3,(H,15,16,17). The molecule has 0 bridgehead atoms. The third kappa shape index (κ3) is 3.94. The third-order valence-corrected chi connectivity index (χ3v) is 3.33. The molecule has 19 heavy (non-hydrogen) atoms. The van der Waals surface area contributed by atoms with Crippen LogP contribution >= 0.6 is 11.8 Å². The van der Waals surface area contributed by atoms with Crippen molar-refractivity contribution in [3.05, 3.63) is 36.4 Å². The number of benzene rings is 1. The Kier molecular flexibility index (Phi) is 5.18. The van der Waals surface area contributed by atoms with Gasteiger partial charge in [-0.25, -0.2) is 9.97 Å². The quantitative estimate of drug-likeness (QED) is 0.627. The van der Waals surface area contributed by atoms with E-state index in [9.17, 15) is 0 Å². The maximum Gasteiger partial charge on any atom is 0.162 e. The number of aliphatic hydroxyl groups excluding tert-OH is 1. The number of nitrogens with one attached hydrogen (secondary N) is 1. The Morgan fingerprint density at radius 1 is 1.21 bits per heavy atom. The van der Waals surface area contributed by atoms with Gasteiger partial charge in [0.1, 0.15) is 10.8 Å². The van der Waals surface area contributed by atoms with Crippen LogP contribution in [0, 0.1) is 0 Å². The fourth-order valence-electron chi connectivity index (χ4n) is 1.64. The van der Waals surface area contributed by atoms with Gasteiger partial charge in [-0.15, -0.1) is 11.8 Å². The fraction of sp³-hybridized carbons (Fsp3) is 0.286. The van der Waals surface area contributed by atoms with E-state index in [1.807, 2.05) is 43.3 Å². The summed E-state index contributed by atoms with van der Waals surface area (Å²) >= 11 is 1.53. The average molecular weight is 275 g/mol. The van der Waals surface area contributed by atoms with Crippen LogP contribution in [0.1, 0.15) is 6.92 Å². The van der Waals surface area contributed by atoms with Crippen LogP contribution < -0.4 is 5.32 Å². The zero-order chi connectivity index (χ0) is 13.5. The first-order valence-electron chi connectivity index (χ1n) is 6.25. The van der Waals surface area contributed by atoms with Crippen molar-refractivity contribution < 1.29 is 5.11 Å². The number of aliphatic hydroxyl groups is 1. The zero-order valence-electron chi connectivity index (χ0n) is 10.8. The van der Waals surface area contributed by atoms with Crippen molar-refractivity contribution in [1.82, 2.24) is 9.97 Å². The van der Waals surface area contributed by atoms with Crippen molar-refractivity contribution in [3.8, 4) is 11.4 Å². The van der Waals surface area contributed by atoms with Crippen LogP contribution in [0.15, 0.2) is 41.4 Å². The second-order valence-electron chi connectivity index (χ2n) is 3.88. The minimum Gasteiger partial charge on any atom is -0.396 e. The lowest BCUT2D eigenvalue weighted by Crippen LogP contribution is -2.02. The molecule has 1 aromatic heterocycles. The molecule has 0 spiro atoms. The molecule has 2 N–H and O–H groups in total. The smallest absolute Gasteiger partial charge is 0.162 e. The second kappa shape index (κ2) is 7.11. The highest BCUT2D eigenvalue weighted by Crippen LogP contribution is 2.23. The van der Waals surface area contributed by atoms with Gasteiger partial charge in [0.2, 0.25) is 0 Å². The molecule has 0 radical (unpaired) electrons. The molecule has 4 nitrogen and oxygen atoms in total. The molecule has 2 rings (SSSR count). The summed E-state index contributed by atoms with van der Waals surface area (Å²) in [7, 11) is 0. The Morgan fingerprint density at radius 3 is 2.68 bits per heavy atom. The van der Waals surface area contributed by atoms with Crippen LogP contribution in [-0.4, -0.2) is 34.0 Å². The van der Waals surface area contributed by atoms with Crippen LogP contribution in [-0.2, 0) is 0 Å². The third-order valence-electron chi connectivity index (χ3n) is 2.43. The van der Waals surface area contributed by atoms with Gasteiger partial charge in [-0.3, -0.25) is 0 Å². The van der Waals surface area contributed by atoms with Gasteiger partial charge >= 0.3 is 0 Å². The van der Waals surface area contributed by atoms with Gasteiger partial charge in [0, 0.05) is 23.9 Å². The van der Waals surface area contributed by atoms with E-state index in [0.29, 0.717) is 11.6 Å². The molecule has 0 amide bonds. The second-order valence-corrected chi connectivity index (χ2v) is 5.00. The zero-order valence-corrected chi connectivity index (χ0v) is 11.7. The van der Waals surface area contributed by atoms with E-state index in [0.717, 1.165) is 23.0 Å². The molecule has 0 atom stereocenters. The minimum absolute atomic E-state index is 0.145. The van der Waals surface area contributed by atoms with E-state index in [4.69, 9.17) is 5.11 Å². The molecule has 2 aromatic rings. The fourth-order valence-corrected chi connectivity index (χ4v) is 2.28. The number of hydrogen-bond acceptors (Lipinski definition) is 5. The van der Waals surface area contributed by atoms with Crippen LogP contribution in [0.4, 0.5) is 5.82 Å². The van der Waals surface area contributed by atoms with Crippen molar-refractivity contribution in [2.75, 3.05) is 24.2 Å². The van der Waals surface area contributed by atoms with Gasteiger partial charge < -0.3 is 10.4 Å². The van der Waals surface area contributed by atoms with Crippen LogP contribution in [0.3, 0.4) is 0 Å². The van der Waals surface area contributed by atoms with Gasteiger partial charge in [-0.05, 0) is 6.92 Å². The van der Waals surface area contributed by atoms with Crippen LogP contribution in [0.2, 0.25) is 0 Å². The van der Waals surface area contributed by atoms with E-state index < -0.39 is 0 Å². The lowest BCUT2D eigenvalue weighted by Gasteiger charge is -2.08. The molecule has 0 aliphatic carbocycles. The highest BCUT2D eigenvalue weighted by Gasteiger charge is 2.06. The molecular weight excluding hydrogens is 258 g/mol. The molecule has 1 heterocycles. The predicted molar refractivity (Wildman–Crippen MR) is 79.4 cm³/mol.